The van der Waals surface area contributed by atoms with Crippen LogP contribution in [0.1, 0.15) is 32.1 Å². The normalized spacial score (nSPS) is 20.6. The van der Waals surface area contributed by atoms with Crippen molar-refractivity contribution in [1.29, 1.82) is 10.5 Å². The first-order valence-corrected chi connectivity index (χ1v) is 9.06. The van der Waals surface area contributed by atoms with E-state index in [2.05, 4.69) is 9.80 Å². The van der Waals surface area contributed by atoms with Crippen molar-refractivity contribution >= 4 is 11.8 Å². The Labute approximate surface area is 132 Å². The van der Waals surface area contributed by atoms with Crippen molar-refractivity contribution < 1.29 is 0 Å². The highest BCUT2D eigenvalue weighted by Gasteiger charge is 2.24. The average molecular weight is 304 g/mol. The number of hydrogen-bond acceptors (Lipinski definition) is 5. The van der Waals surface area contributed by atoms with Crippen molar-refractivity contribution in [3.63, 3.8) is 0 Å². The van der Waals surface area contributed by atoms with E-state index in [0.717, 1.165) is 24.0 Å². The maximum absolute atomic E-state index is 9.05. The quantitative estimate of drug-likeness (QED) is 0.748. The zero-order valence-electron chi connectivity index (χ0n) is 12.8. The summed E-state index contributed by atoms with van der Waals surface area (Å²) in [5.41, 5.74) is 0.261. The second-order valence-electron chi connectivity index (χ2n) is 5.90. The fraction of sp³-hybridized carbons (Fsp3) is 0.750. The molecule has 2 aliphatic heterocycles. The van der Waals surface area contributed by atoms with E-state index in [9.17, 15) is 0 Å². The smallest absolute Gasteiger partial charge is 0.159 e. The first-order valence-electron chi connectivity index (χ1n) is 7.84. The third kappa shape index (κ3) is 4.40. The fourth-order valence-corrected chi connectivity index (χ4v) is 4.07. The van der Waals surface area contributed by atoms with Gasteiger partial charge in [-0.3, -0.25) is 0 Å². The largest absolute Gasteiger partial charge is 0.365 e. The van der Waals surface area contributed by atoms with Crippen molar-refractivity contribution in [2.24, 2.45) is 5.92 Å². The zero-order valence-corrected chi connectivity index (χ0v) is 13.7. The topological polar surface area (TPSA) is 54.1 Å². The lowest BCUT2D eigenvalue weighted by Crippen LogP contribution is -2.39. The molecule has 2 fully saturated rings. The lowest BCUT2D eigenvalue weighted by molar-refractivity contribution is 0.151. The second kappa shape index (κ2) is 8.32. The molecule has 0 aromatic carbocycles. The van der Waals surface area contributed by atoms with Crippen LogP contribution >= 0.6 is 11.8 Å². The summed E-state index contributed by atoms with van der Waals surface area (Å²) < 4.78 is 0. The van der Waals surface area contributed by atoms with Crippen LogP contribution in [0, 0.1) is 28.6 Å². The van der Waals surface area contributed by atoms with Gasteiger partial charge < -0.3 is 9.80 Å². The molecular formula is C16H24N4S. The molecule has 2 saturated heterocycles. The van der Waals surface area contributed by atoms with Crippen LogP contribution in [0.5, 0.6) is 0 Å². The van der Waals surface area contributed by atoms with Gasteiger partial charge in [-0.1, -0.05) is 6.42 Å². The molecule has 0 aromatic rings. The number of likely N-dealkylation sites (tertiary alicyclic amines) is 2. The SMILES string of the molecule is CSC(=C(C#N)C#N)N1CCC(CN2CCCCC2)CC1. The van der Waals surface area contributed by atoms with Crippen molar-refractivity contribution in [3.05, 3.63) is 10.6 Å². The molecule has 2 heterocycles. The molecule has 0 aromatic heterocycles. The van der Waals surface area contributed by atoms with Crippen LogP contribution in [-0.4, -0.2) is 48.8 Å². The first-order chi connectivity index (χ1) is 10.3. The number of allylic oxidation sites excluding steroid dienone is 1. The van der Waals surface area contributed by atoms with Gasteiger partial charge in [0.05, 0.1) is 5.03 Å². The summed E-state index contributed by atoms with van der Waals surface area (Å²) in [5, 5.41) is 19.0. The van der Waals surface area contributed by atoms with E-state index in [-0.39, 0.29) is 5.57 Å². The number of piperidine rings is 2. The third-order valence-corrected chi connectivity index (χ3v) is 5.35. The summed E-state index contributed by atoms with van der Waals surface area (Å²) in [6, 6.07) is 4.05. The minimum Gasteiger partial charge on any atom is -0.365 e. The van der Waals surface area contributed by atoms with Gasteiger partial charge in [0.15, 0.2) is 5.57 Å². The van der Waals surface area contributed by atoms with E-state index in [4.69, 9.17) is 10.5 Å². The van der Waals surface area contributed by atoms with Crippen molar-refractivity contribution in [3.8, 4) is 12.1 Å². The molecule has 2 rings (SSSR count). The second-order valence-corrected chi connectivity index (χ2v) is 6.69. The summed E-state index contributed by atoms with van der Waals surface area (Å²) in [6.07, 6.45) is 8.39. The van der Waals surface area contributed by atoms with E-state index in [1.165, 1.54) is 63.5 Å². The maximum Gasteiger partial charge on any atom is 0.159 e. The minimum atomic E-state index is 0.261. The van der Waals surface area contributed by atoms with E-state index in [1.807, 2.05) is 18.4 Å². The monoisotopic (exact) mass is 304 g/mol. The van der Waals surface area contributed by atoms with Crippen LogP contribution < -0.4 is 0 Å². The van der Waals surface area contributed by atoms with Crippen LogP contribution in [-0.2, 0) is 0 Å². The number of rotatable bonds is 4. The Bertz CT molecular complexity index is 430. The third-order valence-electron chi connectivity index (χ3n) is 4.50. The molecule has 5 heteroatoms. The van der Waals surface area contributed by atoms with Gasteiger partial charge in [-0.05, 0) is 50.9 Å². The van der Waals surface area contributed by atoms with Crippen LogP contribution in [0.15, 0.2) is 10.6 Å². The van der Waals surface area contributed by atoms with E-state index in [0.29, 0.717) is 0 Å². The number of nitrogens with zero attached hydrogens (tertiary/aromatic N) is 4. The van der Waals surface area contributed by atoms with Gasteiger partial charge in [0, 0.05) is 19.6 Å². The van der Waals surface area contributed by atoms with Gasteiger partial charge in [-0.15, -0.1) is 11.8 Å². The van der Waals surface area contributed by atoms with Gasteiger partial charge in [0.25, 0.3) is 0 Å². The number of thioether (sulfide) groups is 1. The first kappa shape index (κ1) is 16.2. The summed E-state index contributed by atoms with van der Waals surface area (Å²) in [5.74, 6) is 0.773. The molecule has 21 heavy (non-hydrogen) atoms. The standard InChI is InChI=1S/C16H24N4S/c1-21-16(15(11-17)12-18)20-9-5-14(6-10-20)13-19-7-3-2-4-8-19/h14H,2-10,13H2,1H3. The molecule has 114 valence electrons. The molecular weight excluding hydrogens is 280 g/mol. The minimum absolute atomic E-state index is 0.261. The van der Waals surface area contributed by atoms with Gasteiger partial charge in [-0.25, -0.2) is 0 Å². The van der Waals surface area contributed by atoms with Crippen LogP contribution in [0.4, 0.5) is 0 Å². The van der Waals surface area contributed by atoms with Gasteiger partial charge in [0.2, 0.25) is 0 Å². The van der Waals surface area contributed by atoms with E-state index >= 15 is 0 Å². The highest BCUT2D eigenvalue weighted by atomic mass is 32.2. The molecule has 4 nitrogen and oxygen atoms in total. The summed E-state index contributed by atoms with van der Waals surface area (Å²) in [4.78, 5) is 4.84. The fourth-order valence-electron chi connectivity index (χ4n) is 3.34. The molecule has 0 amide bonds. The summed E-state index contributed by atoms with van der Waals surface area (Å²) in [7, 11) is 0. The Balaban J connectivity index is 1.86. The molecule has 0 atom stereocenters. The predicted molar refractivity (Wildman–Crippen MR) is 86.4 cm³/mol. The maximum atomic E-state index is 9.05. The van der Waals surface area contributed by atoms with Crippen LogP contribution in [0.2, 0.25) is 0 Å². The van der Waals surface area contributed by atoms with Gasteiger partial charge >= 0.3 is 0 Å². The molecule has 0 spiro atoms. The van der Waals surface area contributed by atoms with Crippen molar-refractivity contribution in [2.75, 3.05) is 39.0 Å². The summed E-state index contributed by atoms with van der Waals surface area (Å²) >= 11 is 1.52. The molecule has 2 aliphatic rings. The molecule has 0 radical (unpaired) electrons. The van der Waals surface area contributed by atoms with Crippen LogP contribution in [0.25, 0.3) is 0 Å². The highest BCUT2D eigenvalue weighted by molar-refractivity contribution is 8.02. The van der Waals surface area contributed by atoms with Gasteiger partial charge in [-0.2, -0.15) is 10.5 Å². The van der Waals surface area contributed by atoms with Gasteiger partial charge in [0.1, 0.15) is 12.1 Å². The predicted octanol–water partition coefficient (Wildman–Crippen LogP) is 2.81. The number of nitriles is 2. The van der Waals surface area contributed by atoms with E-state index in [1.54, 1.807) is 0 Å². The number of hydrogen-bond donors (Lipinski definition) is 0. The Morgan fingerprint density at radius 1 is 1.05 bits per heavy atom. The molecule has 0 bridgehead atoms. The Morgan fingerprint density at radius 2 is 1.67 bits per heavy atom. The molecule has 0 unspecified atom stereocenters. The van der Waals surface area contributed by atoms with Crippen molar-refractivity contribution in [1.82, 2.24) is 9.80 Å². The Kier molecular flexibility index (Phi) is 6.42. The van der Waals surface area contributed by atoms with Crippen LogP contribution in [0.3, 0.4) is 0 Å². The van der Waals surface area contributed by atoms with E-state index < -0.39 is 0 Å². The Morgan fingerprint density at radius 3 is 2.19 bits per heavy atom. The highest BCUT2D eigenvalue weighted by Crippen LogP contribution is 2.28. The lowest BCUT2D eigenvalue weighted by atomic mass is 9.95. The Hall–Kier alpha value is -1.17. The average Bonchev–Trinajstić information content (AvgIpc) is 2.54. The molecule has 0 saturated carbocycles. The molecule has 0 aliphatic carbocycles. The zero-order chi connectivity index (χ0) is 15.1. The summed E-state index contributed by atoms with van der Waals surface area (Å²) in [6.45, 7) is 5.71. The molecule has 0 N–H and O–H groups in total. The van der Waals surface area contributed by atoms with Crippen molar-refractivity contribution in [2.45, 2.75) is 32.1 Å². The lowest BCUT2D eigenvalue weighted by Gasteiger charge is -2.37.